The first-order valence-electron chi connectivity index (χ1n) is 20.8. The van der Waals surface area contributed by atoms with Gasteiger partial charge in [-0.1, -0.05) is 24.3 Å². The first-order chi connectivity index (χ1) is 31.0. The number of carbonyl (C=O) groups excluding carboxylic acids is 4. The number of methoxy groups -OCH3 is 1. The second kappa shape index (κ2) is 17.7. The fourth-order valence-electron chi connectivity index (χ4n) is 8.34. The summed E-state index contributed by atoms with van der Waals surface area (Å²) in [6.45, 7) is 5.71. The van der Waals surface area contributed by atoms with Crippen LogP contribution in [0.5, 0.6) is 5.75 Å². The van der Waals surface area contributed by atoms with E-state index in [9.17, 15) is 23.6 Å². The van der Waals surface area contributed by atoms with Crippen molar-refractivity contribution in [3.8, 4) is 22.7 Å². The van der Waals surface area contributed by atoms with Crippen molar-refractivity contribution in [1.29, 1.82) is 0 Å². The summed E-state index contributed by atoms with van der Waals surface area (Å²) >= 11 is 0. The van der Waals surface area contributed by atoms with Gasteiger partial charge in [0, 0.05) is 82.5 Å². The molecule has 328 valence electrons. The lowest BCUT2D eigenvalue weighted by atomic mass is 9.98. The number of piperidine rings is 1. The molecule has 0 spiro atoms. The number of halogens is 2. The van der Waals surface area contributed by atoms with Crippen LogP contribution in [0.2, 0.25) is 0 Å². The molecule has 17 nitrogen and oxygen atoms in total. The van der Waals surface area contributed by atoms with Crippen molar-refractivity contribution < 1.29 is 32.7 Å². The maximum absolute atomic E-state index is 15.9. The van der Waals surface area contributed by atoms with Gasteiger partial charge in [-0.05, 0) is 54.4 Å². The molecule has 3 fully saturated rings. The number of amides is 4. The van der Waals surface area contributed by atoms with Crippen LogP contribution < -0.4 is 36.2 Å². The van der Waals surface area contributed by atoms with Gasteiger partial charge < -0.3 is 30.9 Å². The second-order valence-corrected chi connectivity index (χ2v) is 16.0. The average molecular weight is 871 g/mol. The predicted octanol–water partition coefficient (Wildman–Crippen LogP) is 3.47. The molecule has 6 aromatic rings. The molecule has 3 aromatic heterocycles. The van der Waals surface area contributed by atoms with Crippen LogP contribution in [0.3, 0.4) is 0 Å². The van der Waals surface area contributed by atoms with E-state index in [2.05, 4.69) is 40.7 Å². The van der Waals surface area contributed by atoms with E-state index in [0.717, 1.165) is 63.3 Å². The number of benzene rings is 3. The molecule has 3 aromatic carbocycles. The Labute approximate surface area is 365 Å². The Bertz CT molecular complexity index is 2750. The lowest BCUT2D eigenvalue weighted by Gasteiger charge is -2.45. The highest BCUT2D eigenvalue weighted by Crippen LogP contribution is 2.34. The number of hydrogen-bond acceptors (Lipinski definition) is 13. The number of fused-ring (bicyclic) bond motifs is 1. The number of nitrogens with one attached hydrogen (secondary N) is 3. The van der Waals surface area contributed by atoms with Crippen molar-refractivity contribution in [3.05, 3.63) is 114 Å². The molecule has 0 saturated carbocycles. The van der Waals surface area contributed by atoms with E-state index >= 15 is 4.39 Å². The van der Waals surface area contributed by atoms with Gasteiger partial charge >= 0.3 is 0 Å². The number of rotatable bonds is 12. The van der Waals surface area contributed by atoms with Gasteiger partial charge in [-0.15, -0.1) is 0 Å². The minimum Gasteiger partial charge on any atom is -0.496 e. The molecule has 0 radical (unpaired) electrons. The fraction of sp³-hybridized carbons (Fsp3) is 0.289. The lowest BCUT2D eigenvalue weighted by molar-refractivity contribution is -0.134. The van der Waals surface area contributed by atoms with E-state index in [1.165, 1.54) is 37.8 Å². The Morgan fingerprint density at radius 2 is 1.70 bits per heavy atom. The number of anilines is 3. The van der Waals surface area contributed by atoms with Crippen LogP contribution >= 0.6 is 0 Å². The topological polar surface area (TPSA) is 206 Å². The average Bonchev–Trinajstić information content (AvgIpc) is 3.69. The number of pyridine rings is 1. The Morgan fingerprint density at radius 1 is 0.906 bits per heavy atom. The first-order valence-corrected chi connectivity index (χ1v) is 20.8. The van der Waals surface area contributed by atoms with Crippen molar-refractivity contribution in [2.75, 3.05) is 68.5 Å². The van der Waals surface area contributed by atoms with E-state index in [-0.39, 0.29) is 48.2 Å². The highest BCUT2D eigenvalue weighted by Gasteiger charge is 2.32. The number of nitrogen functional groups attached to an aromatic ring is 1. The van der Waals surface area contributed by atoms with E-state index in [1.54, 1.807) is 22.9 Å². The highest BCUT2D eigenvalue weighted by molar-refractivity contribution is 6.04. The molecule has 3 saturated heterocycles. The first kappa shape index (κ1) is 41.8. The maximum Gasteiger partial charge on any atom is 0.255 e. The summed E-state index contributed by atoms with van der Waals surface area (Å²) in [6, 6.07) is 18.8. The molecule has 0 aliphatic carbocycles. The molecule has 4 amide bonds. The number of imide groups is 1. The molecule has 1 unspecified atom stereocenters. The lowest BCUT2D eigenvalue weighted by Crippen LogP contribution is -2.55. The summed E-state index contributed by atoms with van der Waals surface area (Å²) in [4.78, 5) is 68.7. The third-order valence-corrected chi connectivity index (χ3v) is 11.8. The minimum absolute atomic E-state index is 0.0920. The smallest absolute Gasteiger partial charge is 0.255 e. The molecule has 19 heteroatoms. The zero-order valence-corrected chi connectivity index (χ0v) is 34.8. The zero-order valence-electron chi connectivity index (χ0n) is 34.8. The van der Waals surface area contributed by atoms with E-state index in [1.807, 2.05) is 35.2 Å². The SMILES string of the molecule is COc1ccc(F)cc1C(=O)NCc1ccc(-c2nn(-c3ccc(N4CC(CN5CCN(c6ccc(C(=O)NC7CCC(=O)NC7=O)cn6)CC5)C4)c(F)c3)c3ncnc(N)c23)cc1. The summed E-state index contributed by atoms with van der Waals surface area (Å²) in [5.74, 6) is -1.04. The molecule has 1 atom stereocenters. The number of carbonyl (C=O) groups is 4. The number of ether oxygens (including phenoxy) is 1. The van der Waals surface area contributed by atoms with Gasteiger partial charge in [0.15, 0.2) is 5.65 Å². The Morgan fingerprint density at radius 3 is 2.42 bits per heavy atom. The fourth-order valence-corrected chi connectivity index (χ4v) is 8.34. The van der Waals surface area contributed by atoms with Crippen LogP contribution in [-0.4, -0.2) is 112 Å². The minimum atomic E-state index is -0.751. The van der Waals surface area contributed by atoms with Gasteiger partial charge in [0.1, 0.15) is 47.1 Å². The quantitative estimate of drug-likeness (QED) is 0.130. The Kier molecular flexibility index (Phi) is 11.5. The molecule has 5 N–H and O–H groups in total. The second-order valence-electron chi connectivity index (χ2n) is 16.0. The van der Waals surface area contributed by atoms with Gasteiger partial charge in [-0.3, -0.25) is 29.4 Å². The van der Waals surface area contributed by atoms with Crippen molar-refractivity contribution in [2.24, 2.45) is 5.92 Å². The summed E-state index contributed by atoms with van der Waals surface area (Å²) in [5.41, 5.74) is 10.2. The number of aromatic nitrogens is 5. The standard InChI is InChI=1S/C45H44F2N12O5/c1-64-36-11-7-30(46)18-32(36)44(62)50-20-26-2-4-28(5-3-26)40-39-41(48)51-25-52-42(39)59(55-40)31-8-10-35(33(47)19-31)58-23-27(24-58)22-56-14-16-57(17-15-56)37-12-6-29(21-49-37)43(61)53-34-9-13-38(60)54-45(34)63/h2-8,10-12,18-19,21,25,27,34H,9,13-17,20,22-24H2,1H3,(H,50,62)(H,53,61)(H2,48,51,52)(H,54,60,63). The van der Waals surface area contributed by atoms with E-state index in [0.29, 0.717) is 45.1 Å². The molecular weight excluding hydrogens is 827 g/mol. The van der Waals surface area contributed by atoms with Gasteiger partial charge in [0.25, 0.3) is 11.8 Å². The summed E-state index contributed by atoms with van der Waals surface area (Å²) in [6.07, 6.45) is 3.29. The largest absolute Gasteiger partial charge is 0.496 e. The van der Waals surface area contributed by atoms with Crippen molar-refractivity contribution in [3.63, 3.8) is 0 Å². The number of piperazine rings is 1. The molecule has 9 rings (SSSR count). The zero-order chi connectivity index (χ0) is 44.5. The van der Waals surface area contributed by atoms with Crippen molar-refractivity contribution in [1.82, 2.24) is 45.6 Å². The van der Waals surface area contributed by atoms with Gasteiger partial charge in [-0.2, -0.15) is 5.10 Å². The molecule has 3 aliphatic heterocycles. The molecule has 0 bridgehead atoms. The molecule has 6 heterocycles. The van der Waals surface area contributed by atoms with E-state index < -0.39 is 29.6 Å². The van der Waals surface area contributed by atoms with E-state index in [4.69, 9.17) is 15.6 Å². The summed E-state index contributed by atoms with van der Waals surface area (Å²) in [7, 11) is 1.41. The van der Waals surface area contributed by atoms with Gasteiger partial charge in [-0.25, -0.2) is 28.4 Å². The van der Waals surface area contributed by atoms with Crippen LogP contribution in [0.25, 0.3) is 28.0 Å². The van der Waals surface area contributed by atoms with Crippen LogP contribution in [-0.2, 0) is 16.1 Å². The van der Waals surface area contributed by atoms with Gasteiger partial charge in [0.05, 0.1) is 35.0 Å². The highest BCUT2D eigenvalue weighted by atomic mass is 19.1. The van der Waals surface area contributed by atoms with Crippen LogP contribution in [0.4, 0.5) is 26.1 Å². The van der Waals surface area contributed by atoms with Gasteiger partial charge in [0.2, 0.25) is 11.8 Å². The Balaban J connectivity index is 0.785. The third-order valence-electron chi connectivity index (χ3n) is 11.8. The third kappa shape index (κ3) is 8.61. The summed E-state index contributed by atoms with van der Waals surface area (Å²) < 4.78 is 36.5. The number of nitrogens with two attached hydrogens (primary N) is 1. The summed E-state index contributed by atoms with van der Waals surface area (Å²) in [5, 5.41) is 13.1. The molecule has 3 aliphatic rings. The maximum atomic E-state index is 15.9. The normalized spacial score (nSPS) is 17.0. The monoisotopic (exact) mass is 870 g/mol. The van der Waals surface area contributed by atoms with Crippen LogP contribution in [0.1, 0.15) is 39.1 Å². The van der Waals surface area contributed by atoms with Crippen molar-refractivity contribution >= 4 is 52.0 Å². The number of hydrogen-bond donors (Lipinski definition) is 4. The number of nitrogens with zero attached hydrogens (tertiary/aromatic N) is 8. The predicted molar refractivity (Wildman–Crippen MR) is 233 cm³/mol. The van der Waals surface area contributed by atoms with Crippen LogP contribution in [0, 0.1) is 17.6 Å². The molecule has 64 heavy (non-hydrogen) atoms. The Hall–Kier alpha value is -7.54. The molecular formula is C45H44F2N12O5. The van der Waals surface area contributed by atoms with Crippen LogP contribution in [0.15, 0.2) is 85.3 Å². The van der Waals surface area contributed by atoms with Crippen molar-refractivity contribution in [2.45, 2.75) is 25.4 Å².